The third-order valence-corrected chi connectivity index (χ3v) is 4.77. The standard InChI is InChI=1S/C17H13FN4O6S/c18-10-7-9(22(26)27)1-2-12(10)28-13-3-4-19-11-8-14(29-15(11)13)16(23)20-5-6-21-17(24)25/h1-4,7-8,21H,5-6H2,(H,20,23)(H,24,25). The molecule has 12 heteroatoms. The molecule has 0 saturated heterocycles. The van der Waals surface area contributed by atoms with E-state index in [1.54, 1.807) is 0 Å². The number of nitrogens with one attached hydrogen (secondary N) is 2. The molecule has 0 aliphatic rings. The van der Waals surface area contributed by atoms with E-state index in [-0.39, 0.29) is 24.6 Å². The summed E-state index contributed by atoms with van der Waals surface area (Å²) < 4.78 is 20.1. The zero-order valence-electron chi connectivity index (χ0n) is 14.5. The highest BCUT2D eigenvalue weighted by molar-refractivity contribution is 7.21. The molecular formula is C17H13FN4O6S. The van der Waals surface area contributed by atoms with Gasteiger partial charge in [0.15, 0.2) is 11.6 Å². The number of pyridine rings is 1. The average Bonchev–Trinajstić information content (AvgIpc) is 3.11. The zero-order valence-corrected chi connectivity index (χ0v) is 15.4. The molecule has 0 bridgehead atoms. The number of ether oxygens (including phenoxy) is 1. The predicted octanol–water partition coefficient (Wildman–Crippen LogP) is 3.13. The maximum Gasteiger partial charge on any atom is 0.404 e. The van der Waals surface area contributed by atoms with Gasteiger partial charge < -0.3 is 20.5 Å². The first kappa shape index (κ1) is 19.9. The SMILES string of the molecule is O=C(O)NCCNC(=O)c1cc2nccc(Oc3ccc([N+](=O)[O-])cc3F)c2s1. The Bertz CT molecular complexity index is 1100. The zero-order chi connectivity index (χ0) is 21.0. The first-order chi connectivity index (χ1) is 13.8. The van der Waals surface area contributed by atoms with Crippen molar-refractivity contribution in [2.45, 2.75) is 0 Å². The van der Waals surface area contributed by atoms with Crippen LogP contribution in [0.1, 0.15) is 9.67 Å². The van der Waals surface area contributed by atoms with Crippen molar-refractivity contribution < 1.29 is 28.7 Å². The summed E-state index contributed by atoms with van der Waals surface area (Å²) in [5.74, 6) is -1.29. The summed E-state index contributed by atoms with van der Waals surface area (Å²) >= 11 is 1.06. The lowest BCUT2D eigenvalue weighted by molar-refractivity contribution is -0.385. The highest BCUT2D eigenvalue weighted by Crippen LogP contribution is 2.36. The van der Waals surface area contributed by atoms with Crippen molar-refractivity contribution >= 4 is 39.2 Å². The number of amides is 2. The number of nitro groups is 1. The molecular weight excluding hydrogens is 407 g/mol. The van der Waals surface area contributed by atoms with E-state index >= 15 is 0 Å². The third kappa shape index (κ3) is 4.73. The summed E-state index contributed by atoms with van der Waals surface area (Å²) in [6.07, 6.45) is 0.233. The molecule has 2 heterocycles. The van der Waals surface area contributed by atoms with Gasteiger partial charge in [-0.25, -0.2) is 9.18 Å². The summed E-state index contributed by atoms with van der Waals surface area (Å²) in [4.78, 5) is 37.1. The monoisotopic (exact) mass is 420 g/mol. The van der Waals surface area contributed by atoms with E-state index in [2.05, 4.69) is 15.6 Å². The Hall–Kier alpha value is -3.80. The van der Waals surface area contributed by atoms with Gasteiger partial charge in [-0.05, 0) is 12.1 Å². The molecule has 0 unspecified atom stereocenters. The minimum atomic E-state index is -1.19. The van der Waals surface area contributed by atoms with Gasteiger partial charge in [-0.1, -0.05) is 0 Å². The van der Waals surface area contributed by atoms with E-state index in [0.29, 0.717) is 15.1 Å². The van der Waals surface area contributed by atoms with E-state index in [4.69, 9.17) is 9.84 Å². The molecule has 3 N–H and O–H groups in total. The smallest absolute Gasteiger partial charge is 0.404 e. The van der Waals surface area contributed by atoms with Gasteiger partial charge in [0.2, 0.25) is 0 Å². The number of aromatic nitrogens is 1. The van der Waals surface area contributed by atoms with Gasteiger partial charge in [-0.3, -0.25) is 19.9 Å². The molecule has 3 aromatic rings. The summed E-state index contributed by atoms with van der Waals surface area (Å²) in [5, 5.41) is 23.9. The number of thiophene rings is 1. The van der Waals surface area contributed by atoms with Crippen LogP contribution < -0.4 is 15.4 Å². The molecule has 150 valence electrons. The van der Waals surface area contributed by atoms with Gasteiger partial charge >= 0.3 is 6.09 Å². The minimum Gasteiger partial charge on any atom is -0.465 e. The maximum absolute atomic E-state index is 14.1. The van der Waals surface area contributed by atoms with Crippen LogP contribution in [0.2, 0.25) is 0 Å². The Kier molecular flexibility index (Phi) is 5.83. The molecule has 0 fully saturated rings. The Morgan fingerprint density at radius 2 is 1.97 bits per heavy atom. The van der Waals surface area contributed by atoms with E-state index in [1.807, 2.05) is 0 Å². The van der Waals surface area contributed by atoms with Crippen LogP contribution in [0.15, 0.2) is 36.5 Å². The van der Waals surface area contributed by atoms with E-state index in [0.717, 1.165) is 29.5 Å². The van der Waals surface area contributed by atoms with Crippen molar-refractivity contribution in [3.63, 3.8) is 0 Å². The second-order valence-electron chi connectivity index (χ2n) is 5.60. The fourth-order valence-electron chi connectivity index (χ4n) is 2.34. The van der Waals surface area contributed by atoms with Crippen LogP contribution in [0.4, 0.5) is 14.9 Å². The number of carbonyl (C=O) groups excluding carboxylic acids is 1. The number of carboxylic acid groups (broad SMARTS) is 1. The number of fused-ring (bicyclic) bond motifs is 1. The second-order valence-corrected chi connectivity index (χ2v) is 6.65. The summed E-state index contributed by atoms with van der Waals surface area (Å²) in [7, 11) is 0. The Labute approximate surface area is 166 Å². The number of hydrogen-bond donors (Lipinski definition) is 3. The molecule has 10 nitrogen and oxygen atoms in total. The maximum atomic E-state index is 14.1. The van der Waals surface area contributed by atoms with Crippen molar-refractivity contribution in [1.82, 2.24) is 15.6 Å². The van der Waals surface area contributed by atoms with E-state index < -0.39 is 28.4 Å². The number of halogens is 1. The fraction of sp³-hybridized carbons (Fsp3) is 0.118. The average molecular weight is 420 g/mol. The fourth-order valence-corrected chi connectivity index (χ4v) is 3.33. The first-order valence-corrected chi connectivity index (χ1v) is 8.92. The lowest BCUT2D eigenvalue weighted by Crippen LogP contribution is -2.33. The molecule has 0 spiro atoms. The Morgan fingerprint density at radius 1 is 1.21 bits per heavy atom. The van der Waals surface area contributed by atoms with Crippen LogP contribution in [0.25, 0.3) is 10.2 Å². The summed E-state index contributed by atoms with van der Waals surface area (Å²) in [6, 6.07) is 6.04. The van der Waals surface area contributed by atoms with Crippen molar-refractivity contribution in [2.24, 2.45) is 0 Å². The van der Waals surface area contributed by atoms with Crippen LogP contribution in [0.3, 0.4) is 0 Å². The largest absolute Gasteiger partial charge is 0.465 e. The van der Waals surface area contributed by atoms with Crippen molar-refractivity contribution in [2.75, 3.05) is 13.1 Å². The van der Waals surface area contributed by atoms with Crippen molar-refractivity contribution in [3.8, 4) is 11.5 Å². The van der Waals surface area contributed by atoms with Crippen molar-refractivity contribution in [3.05, 3.63) is 57.3 Å². The van der Waals surface area contributed by atoms with Gasteiger partial charge in [0.1, 0.15) is 5.75 Å². The summed E-state index contributed by atoms with van der Waals surface area (Å²) in [6.45, 7) is 0.155. The second kappa shape index (κ2) is 8.48. The molecule has 3 rings (SSSR count). The molecule has 29 heavy (non-hydrogen) atoms. The normalized spacial score (nSPS) is 10.5. The molecule has 0 atom stereocenters. The Morgan fingerprint density at radius 3 is 2.66 bits per heavy atom. The molecule has 0 saturated carbocycles. The number of nitro benzene ring substituents is 1. The quantitative estimate of drug-likeness (QED) is 0.303. The number of carbonyl (C=O) groups is 2. The molecule has 2 amide bonds. The number of rotatable bonds is 7. The lowest BCUT2D eigenvalue weighted by atomic mass is 10.3. The highest BCUT2D eigenvalue weighted by Gasteiger charge is 2.17. The molecule has 0 aliphatic carbocycles. The number of non-ortho nitro benzene ring substituents is 1. The minimum absolute atomic E-state index is 0.0536. The lowest BCUT2D eigenvalue weighted by Gasteiger charge is -2.07. The first-order valence-electron chi connectivity index (χ1n) is 8.10. The van der Waals surface area contributed by atoms with Crippen LogP contribution in [-0.4, -0.2) is 40.1 Å². The molecule has 1 aromatic carbocycles. The number of nitrogens with zero attached hydrogens (tertiary/aromatic N) is 2. The van der Waals surface area contributed by atoms with Gasteiger partial charge in [0, 0.05) is 31.4 Å². The van der Waals surface area contributed by atoms with Crippen LogP contribution in [0, 0.1) is 15.9 Å². The molecule has 2 aromatic heterocycles. The van der Waals surface area contributed by atoms with Crippen LogP contribution >= 0.6 is 11.3 Å². The van der Waals surface area contributed by atoms with Gasteiger partial charge in [0.25, 0.3) is 11.6 Å². The third-order valence-electron chi connectivity index (χ3n) is 3.63. The molecule has 0 aliphatic heterocycles. The summed E-state index contributed by atoms with van der Waals surface area (Å²) in [5.41, 5.74) is 0.0471. The van der Waals surface area contributed by atoms with Crippen molar-refractivity contribution in [1.29, 1.82) is 0 Å². The van der Waals surface area contributed by atoms with Gasteiger partial charge in [-0.15, -0.1) is 11.3 Å². The number of hydrogen-bond acceptors (Lipinski definition) is 7. The van der Waals surface area contributed by atoms with Crippen LogP contribution in [0.5, 0.6) is 11.5 Å². The van der Waals surface area contributed by atoms with Crippen LogP contribution in [-0.2, 0) is 0 Å². The number of benzene rings is 1. The van der Waals surface area contributed by atoms with E-state index in [1.165, 1.54) is 18.3 Å². The van der Waals surface area contributed by atoms with Gasteiger partial charge in [0.05, 0.1) is 26.1 Å². The Balaban J connectivity index is 1.79. The van der Waals surface area contributed by atoms with E-state index in [9.17, 15) is 24.1 Å². The topological polar surface area (TPSA) is 144 Å². The van der Waals surface area contributed by atoms with Gasteiger partial charge in [-0.2, -0.15) is 0 Å². The highest BCUT2D eigenvalue weighted by atomic mass is 32.1. The predicted molar refractivity (Wildman–Crippen MR) is 101 cm³/mol. The molecule has 0 radical (unpaired) electrons.